The third-order valence-electron chi connectivity index (χ3n) is 2.30. The van der Waals surface area contributed by atoms with Crippen molar-refractivity contribution in [3.05, 3.63) is 29.3 Å². The Morgan fingerprint density at radius 1 is 1.33 bits per heavy atom. The summed E-state index contributed by atoms with van der Waals surface area (Å²) in [5, 5.41) is 15.6. The lowest BCUT2D eigenvalue weighted by Crippen LogP contribution is -2.43. The van der Waals surface area contributed by atoms with Gasteiger partial charge in [-0.15, -0.1) is 0 Å². The summed E-state index contributed by atoms with van der Waals surface area (Å²) in [7, 11) is 0. The minimum Gasteiger partial charge on any atom is -0.478 e. The molecule has 0 spiro atoms. The third kappa shape index (κ3) is 4.00. The lowest BCUT2D eigenvalue weighted by Gasteiger charge is -2.23. The fraction of sp³-hybridized carbons (Fsp3) is 0.385. The molecule has 0 bridgehead atoms. The van der Waals surface area contributed by atoms with E-state index in [1.165, 1.54) is 0 Å². The Bertz CT molecular complexity index is 478. The van der Waals surface area contributed by atoms with Crippen molar-refractivity contribution >= 4 is 29.0 Å². The van der Waals surface area contributed by atoms with Crippen molar-refractivity contribution in [3.8, 4) is 0 Å². The van der Waals surface area contributed by atoms with Gasteiger partial charge >= 0.3 is 5.97 Å². The van der Waals surface area contributed by atoms with Gasteiger partial charge < -0.3 is 15.7 Å². The van der Waals surface area contributed by atoms with E-state index in [9.17, 15) is 4.79 Å². The van der Waals surface area contributed by atoms with Crippen molar-refractivity contribution < 1.29 is 9.90 Å². The fourth-order valence-corrected chi connectivity index (χ4v) is 1.91. The maximum Gasteiger partial charge on any atom is 0.336 e. The number of anilines is 1. The summed E-state index contributed by atoms with van der Waals surface area (Å²) in [6.45, 7) is 7.76. The average Bonchev–Trinajstić information content (AvgIpc) is 2.17. The van der Waals surface area contributed by atoms with E-state index in [1.807, 2.05) is 20.8 Å². The van der Waals surface area contributed by atoms with Gasteiger partial charge in [0.2, 0.25) is 0 Å². The predicted octanol–water partition coefficient (Wildman–Crippen LogP) is 2.78. The molecule has 0 radical (unpaired) electrons. The van der Waals surface area contributed by atoms with E-state index in [4.69, 9.17) is 17.3 Å². The van der Waals surface area contributed by atoms with Crippen LogP contribution in [-0.4, -0.2) is 21.7 Å². The lowest BCUT2D eigenvalue weighted by atomic mass is 10.1. The van der Waals surface area contributed by atoms with E-state index in [2.05, 4.69) is 10.6 Å². The quantitative estimate of drug-likeness (QED) is 0.719. The average molecular weight is 266 g/mol. The second-order valence-electron chi connectivity index (χ2n) is 5.11. The van der Waals surface area contributed by atoms with Crippen LogP contribution in [0.25, 0.3) is 0 Å². The summed E-state index contributed by atoms with van der Waals surface area (Å²) in [4.78, 5) is 11.0. The van der Waals surface area contributed by atoms with Gasteiger partial charge in [-0.3, -0.25) is 0 Å². The molecule has 3 N–H and O–H groups in total. The number of carbonyl (C=O) groups is 1. The van der Waals surface area contributed by atoms with Gasteiger partial charge in [-0.25, -0.2) is 4.79 Å². The van der Waals surface area contributed by atoms with Crippen LogP contribution < -0.4 is 10.6 Å². The molecule has 0 aliphatic carbocycles. The zero-order valence-corrected chi connectivity index (χ0v) is 11.8. The molecule has 0 saturated heterocycles. The van der Waals surface area contributed by atoms with Gasteiger partial charge in [-0.1, -0.05) is 6.07 Å². The van der Waals surface area contributed by atoms with Gasteiger partial charge in [0.05, 0.1) is 5.56 Å². The van der Waals surface area contributed by atoms with E-state index in [0.717, 1.165) is 0 Å². The second kappa shape index (κ2) is 5.35. The summed E-state index contributed by atoms with van der Waals surface area (Å²) in [6, 6.07) is 5.07. The molecule has 0 atom stereocenters. The van der Waals surface area contributed by atoms with Crippen LogP contribution in [0.4, 0.5) is 5.69 Å². The topological polar surface area (TPSA) is 61.4 Å². The van der Waals surface area contributed by atoms with E-state index in [0.29, 0.717) is 16.4 Å². The number of benzene rings is 1. The Morgan fingerprint density at radius 3 is 2.44 bits per heavy atom. The summed E-state index contributed by atoms with van der Waals surface area (Å²) in [5.74, 6) is -0.939. The van der Waals surface area contributed by atoms with E-state index in [-0.39, 0.29) is 11.1 Å². The highest BCUT2D eigenvalue weighted by Crippen LogP contribution is 2.19. The summed E-state index contributed by atoms with van der Waals surface area (Å²) in [5.41, 5.74) is 1.51. The van der Waals surface area contributed by atoms with Crippen LogP contribution in [0.1, 0.15) is 36.7 Å². The van der Waals surface area contributed by atoms with E-state index >= 15 is 0 Å². The molecule has 98 valence electrons. The molecule has 0 aromatic heterocycles. The maximum absolute atomic E-state index is 11.0. The van der Waals surface area contributed by atoms with Crippen LogP contribution >= 0.6 is 12.2 Å². The molecule has 0 heterocycles. The highest BCUT2D eigenvalue weighted by molar-refractivity contribution is 7.80. The standard InChI is InChI=1S/C13H18N2O2S/c1-8-9(11(16)17)6-5-7-10(8)14-12(18)15-13(2,3)4/h5-7H,1-4H3,(H,16,17)(H2,14,15,18). The Morgan fingerprint density at radius 2 is 1.94 bits per heavy atom. The van der Waals surface area contributed by atoms with Crippen molar-refractivity contribution in [2.45, 2.75) is 33.2 Å². The Labute approximate surface area is 112 Å². The third-order valence-corrected chi connectivity index (χ3v) is 2.51. The Kier molecular flexibility index (Phi) is 4.29. The molecular weight excluding hydrogens is 248 g/mol. The number of nitrogens with one attached hydrogen (secondary N) is 2. The minimum absolute atomic E-state index is 0.137. The van der Waals surface area contributed by atoms with Crippen molar-refractivity contribution in [3.63, 3.8) is 0 Å². The van der Waals surface area contributed by atoms with Gasteiger partial charge in [0.15, 0.2) is 5.11 Å². The normalized spacial score (nSPS) is 10.9. The van der Waals surface area contributed by atoms with Gasteiger partial charge in [0, 0.05) is 11.2 Å². The summed E-state index contributed by atoms with van der Waals surface area (Å²) in [6.07, 6.45) is 0. The molecule has 0 amide bonds. The number of carboxylic acids is 1. The van der Waals surface area contributed by atoms with Crippen LogP contribution in [0.5, 0.6) is 0 Å². The first-order valence-corrected chi connectivity index (χ1v) is 6.03. The first-order valence-electron chi connectivity index (χ1n) is 5.63. The largest absolute Gasteiger partial charge is 0.478 e. The molecule has 0 fully saturated rings. The van der Waals surface area contributed by atoms with Crippen molar-refractivity contribution in [2.75, 3.05) is 5.32 Å². The number of carboxylic acid groups (broad SMARTS) is 1. The molecule has 5 heteroatoms. The molecule has 18 heavy (non-hydrogen) atoms. The van der Waals surface area contributed by atoms with Crippen LogP contribution in [-0.2, 0) is 0 Å². The molecule has 0 aliphatic heterocycles. The molecular formula is C13H18N2O2S. The monoisotopic (exact) mass is 266 g/mol. The van der Waals surface area contributed by atoms with Crippen LogP contribution in [0.15, 0.2) is 18.2 Å². The van der Waals surface area contributed by atoms with Crippen LogP contribution in [0.2, 0.25) is 0 Å². The molecule has 1 rings (SSSR count). The molecule has 0 aliphatic rings. The van der Waals surface area contributed by atoms with Crippen LogP contribution in [0, 0.1) is 6.92 Å². The zero-order valence-electron chi connectivity index (χ0n) is 11.0. The number of rotatable bonds is 2. The van der Waals surface area contributed by atoms with Crippen LogP contribution in [0.3, 0.4) is 0 Å². The first-order chi connectivity index (χ1) is 8.20. The van der Waals surface area contributed by atoms with E-state index in [1.54, 1.807) is 25.1 Å². The van der Waals surface area contributed by atoms with Crippen molar-refractivity contribution in [1.82, 2.24) is 5.32 Å². The molecule has 4 nitrogen and oxygen atoms in total. The van der Waals surface area contributed by atoms with Gasteiger partial charge in [-0.2, -0.15) is 0 Å². The molecule has 1 aromatic rings. The predicted molar refractivity (Wildman–Crippen MR) is 77.2 cm³/mol. The number of hydrogen-bond acceptors (Lipinski definition) is 2. The fourth-order valence-electron chi connectivity index (χ4n) is 1.50. The second-order valence-corrected chi connectivity index (χ2v) is 5.52. The number of hydrogen-bond donors (Lipinski definition) is 3. The number of aromatic carboxylic acids is 1. The summed E-state index contributed by atoms with van der Waals surface area (Å²) >= 11 is 5.18. The Hall–Kier alpha value is -1.62. The maximum atomic E-state index is 11.0. The van der Waals surface area contributed by atoms with Gasteiger partial charge in [0.25, 0.3) is 0 Å². The van der Waals surface area contributed by atoms with E-state index < -0.39 is 5.97 Å². The Balaban J connectivity index is 2.89. The highest BCUT2D eigenvalue weighted by atomic mass is 32.1. The highest BCUT2D eigenvalue weighted by Gasteiger charge is 2.14. The number of thiocarbonyl (C=S) groups is 1. The molecule has 0 unspecified atom stereocenters. The molecule has 0 saturated carbocycles. The first kappa shape index (κ1) is 14.4. The van der Waals surface area contributed by atoms with Crippen molar-refractivity contribution in [2.24, 2.45) is 0 Å². The smallest absolute Gasteiger partial charge is 0.336 e. The minimum atomic E-state index is -0.939. The molecule has 1 aromatic carbocycles. The zero-order chi connectivity index (χ0) is 13.9. The lowest BCUT2D eigenvalue weighted by molar-refractivity contribution is 0.0696. The van der Waals surface area contributed by atoms with Crippen molar-refractivity contribution in [1.29, 1.82) is 0 Å². The SMILES string of the molecule is Cc1c(NC(=S)NC(C)(C)C)cccc1C(=O)O. The van der Waals surface area contributed by atoms with Gasteiger partial charge in [-0.05, 0) is 57.6 Å². The van der Waals surface area contributed by atoms with Gasteiger partial charge in [0.1, 0.15) is 0 Å². The summed E-state index contributed by atoms with van der Waals surface area (Å²) < 4.78 is 0.